The number of hydrogen-bond acceptors (Lipinski definition) is 6. The highest BCUT2D eigenvalue weighted by molar-refractivity contribution is 7.00. The minimum atomic E-state index is -0.312. The van der Waals surface area contributed by atoms with Crippen LogP contribution in [0.25, 0.3) is 11.0 Å². The third kappa shape index (κ3) is 2.85. The van der Waals surface area contributed by atoms with E-state index >= 15 is 0 Å². The lowest BCUT2D eigenvalue weighted by Gasteiger charge is -2.08. The molecule has 1 N–H and O–H groups in total. The van der Waals surface area contributed by atoms with Gasteiger partial charge in [-0.15, -0.1) is 0 Å². The van der Waals surface area contributed by atoms with Crippen LogP contribution in [-0.2, 0) is 11.3 Å². The molecule has 1 aliphatic rings. The van der Waals surface area contributed by atoms with Gasteiger partial charge in [-0.05, 0) is 31.0 Å². The van der Waals surface area contributed by atoms with Crippen molar-refractivity contribution in [2.45, 2.75) is 25.3 Å². The van der Waals surface area contributed by atoms with E-state index < -0.39 is 0 Å². The highest BCUT2D eigenvalue weighted by Gasteiger charge is 2.25. The molecule has 3 aromatic rings. The van der Waals surface area contributed by atoms with Gasteiger partial charge in [-0.25, -0.2) is 4.68 Å². The quantitative estimate of drug-likeness (QED) is 0.788. The normalized spacial score (nSPS) is 14.1. The Balaban J connectivity index is 1.55. The number of fused-ring (bicyclic) bond motifs is 1. The van der Waals surface area contributed by atoms with Gasteiger partial charge < -0.3 is 5.32 Å². The molecule has 4 rings (SSSR count). The maximum atomic E-state index is 12.2. The van der Waals surface area contributed by atoms with Crippen molar-refractivity contribution in [2.75, 3.05) is 5.32 Å². The number of carbonyl (C=O) groups is 1. The molecule has 1 aliphatic carbocycles. The van der Waals surface area contributed by atoms with Crippen molar-refractivity contribution in [2.24, 2.45) is 0 Å². The average Bonchev–Trinajstić information content (AvgIpc) is 3.27. The van der Waals surface area contributed by atoms with Gasteiger partial charge in [-0.2, -0.15) is 13.8 Å². The Morgan fingerprint density at radius 3 is 2.96 bits per heavy atom. The summed E-state index contributed by atoms with van der Waals surface area (Å²) in [5, 5.41) is 7.06. The van der Waals surface area contributed by atoms with Crippen LogP contribution in [0, 0.1) is 0 Å². The fourth-order valence-electron chi connectivity index (χ4n) is 2.41. The number of nitrogens with zero attached hydrogens (tertiary/aromatic N) is 4. The van der Waals surface area contributed by atoms with Crippen molar-refractivity contribution in [3.8, 4) is 0 Å². The fraction of sp³-hybridized carbons (Fsp3) is 0.267. The van der Waals surface area contributed by atoms with Crippen molar-refractivity contribution in [1.82, 2.24) is 18.5 Å². The van der Waals surface area contributed by atoms with Gasteiger partial charge in [0.05, 0.1) is 23.1 Å². The molecule has 0 radical (unpaired) electrons. The highest BCUT2D eigenvalue weighted by atomic mass is 32.1. The molecule has 0 spiro atoms. The largest absolute Gasteiger partial charge is 0.322 e. The molecule has 2 heterocycles. The summed E-state index contributed by atoms with van der Waals surface area (Å²) in [6.45, 7) is -0.118. The predicted octanol–water partition coefficient (Wildman–Crippen LogP) is 1.76. The van der Waals surface area contributed by atoms with Crippen LogP contribution in [0.2, 0.25) is 0 Å². The molecular weight excluding hydrogens is 314 g/mol. The zero-order valence-corrected chi connectivity index (χ0v) is 12.9. The van der Waals surface area contributed by atoms with E-state index in [0.717, 1.165) is 35.8 Å². The summed E-state index contributed by atoms with van der Waals surface area (Å²) in [6.07, 6.45) is 2.19. The molecule has 0 aliphatic heterocycles. The van der Waals surface area contributed by atoms with Crippen LogP contribution in [0.1, 0.15) is 24.5 Å². The summed E-state index contributed by atoms with van der Waals surface area (Å²) in [7, 11) is 0. The summed E-state index contributed by atoms with van der Waals surface area (Å²) in [4.78, 5) is 24.1. The van der Waals surface area contributed by atoms with E-state index in [0.29, 0.717) is 17.1 Å². The number of hydrogen-bond donors (Lipinski definition) is 1. The summed E-state index contributed by atoms with van der Waals surface area (Å²) >= 11 is 1.09. The second-order valence-electron chi connectivity index (χ2n) is 5.51. The van der Waals surface area contributed by atoms with Crippen LogP contribution in [0.15, 0.2) is 35.1 Å². The number of amides is 1. The predicted molar refractivity (Wildman–Crippen MR) is 86.5 cm³/mol. The van der Waals surface area contributed by atoms with Crippen LogP contribution in [0.3, 0.4) is 0 Å². The van der Waals surface area contributed by atoms with Crippen LogP contribution in [0.4, 0.5) is 5.69 Å². The standard InChI is InChI=1S/C15H13N5O2S/c21-13(16-11-2-1-3-12-15(11)19-23-18-12)8-20-14(22)7-6-10(17-20)9-4-5-9/h1-3,6-7,9H,4-5,8H2,(H,16,21). The first kappa shape index (κ1) is 14.0. The van der Waals surface area contributed by atoms with E-state index in [1.807, 2.05) is 6.07 Å². The second-order valence-corrected chi connectivity index (χ2v) is 6.04. The van der Waals surface area contributed by atoms with Crippen molar-refractivity contribution >= 4 is 34.4 Å². The van der Waals surface area contributed by atoms with Crippen LogP contribution >= 0.6 is 11.7 Å². The van der Waals surface area contributed by atoms with Gasteiger partial charge in [0.2, 0.25) is 5.91 Å². The van der Waals surface area contributed by atoms with Crippen molar-refractivity contribution in [1.29, 1.82) is 0 Å². The van der Waals surface area contributed by atoms with E-state index in [2.05, 4.69) is 19.2 Å². The Bertz CT molecular complexity index is 944. The Morgan fingerprint density at radius 1 is 1.26 bits per heavy atom. The van der Waals surface area contributed by atoms with Gasteiger partial charge in [-0.1, -0.05) is 6.07 Å². The summed E-state index contributed by atoms with van der Waals surface area (Å²) in [5.41, 5.74) is 2.57. The number of benzene rings is 1. The second kappa shape index (κ2) is 5.54. The number of aromatic nitrogens is 4. The Morgan fingerprint density at radius 2 is 2.13 bits per heavy atom. The molecule has 23 heavy (non-hydrogen) atoms. The molecule has 1 amide bonds. The SMILES string of the molecule is O=C(Cn1nc(C2CC2)ccc1=O)Nc1cccc2nsnc12. The van der Waals surface area contributed by atoms with Crippen molar-refractivity contribution in [3.05, 3.63) is 46.4 Å². The zero-order valence-electron chi connectivity index (χ0n) is 12.1. The molecule has 1 fully saturated rings. The lowest BCUT2D eigenvalue weighted by molar-refractivity contribution is -0.117. The summed E-state index contributed by atoms with van der Waals surface area (Å²) in [5.74, 6) is 0.118. The first-order valence-electron chi connectivity index (χ1n) is 7.30. The van der Waals surface area contributed by atoms with Crippen molar-refractivity contribution < 1.29 is 4.79 Å². The maximum Gasteiger partial charge on any atom is 0.267 e. The first-order chi connectivity index (χ1) is 11.2. The molecule has 0 bridgehead atoms. The lowest BCUT2D eigenvalue weighted by atomic mass is 10.2. The molecule has 116 valence electrons. The number of carbonyl (C=O) groups excluding carboxylic acids is 1. The van der Waals surface area contributed by atoms with E-state index in [1.54, 1.807) is 18.2 Å². The Labute approximate surface area is 135 Å². The minimum Gasteiger partial charge on any atom is -0.322 e. The van der Waals surface area contributed by atoms with E-state index in [9.17, 15) is 9.59 Å². The van der Waals surface area contributed by atoms with Gasteiger partial charge in [0, 0.05) is 12.0 Å². The third-order valence-electron chi connectivity index (χ3n) is 3.74. The molecule has 0 atom stereocenters. The average molecular weight is 327 g/mol. The molecule has 1 aromatic carbocycles. The molecule has 8 heteroatoms. The summed E-state index contributed by atoms with van der Waals surface area (Å²) < 4.78 is 9.52. The molecule has 7 nitrogen and oxygen atoms in total. The number of anilines is 1. The third-order valence-corrected chi connectivity index (χ3v) is 4.28. The topological polar surface area (TPSA) is 89.8 Å². The van der Waals surface area contributed by atoms with E-state index in [1.165, 1.54) is 10.7 Å². The Kier molecular flexibility index (Phi) is 3.38. The van der Waals surface area contributed by atoms with E-state index in [4.69, 9.17) is 0 Å². The van der Waals surface area contributed by atoms with Gasteiger partial charge in [0.25, 0.3) is 5.56 Å². The fourth-order valence-corrected chi connectivity index (χ4v) is 2.96. The van der Waals surface area contributed by atoms with Crippen molar-refractivity contribution in [3.63, 3.8) is 0 Å². The number of nitrogens with one attached hydrogen (secondary N) is 1. The number of rotatable bonds is 4. The van der Waals surface area contributed by atoms with E-state index in [-0.39, 0.29) is 18.0 Å². The molecular formula is C15H13N5O2S. The zero-order chi connectivity index (χ0) is 15.8. The Hall–Kier alpha value is -2.61. The van der Waals surface area contributed by atoms with Crippen LogP contribution in [-0.4, -0.2) is 24.4 Å². The molecule has 0 unspecified atom stereocenters. The summed E-state index contributed by atoms with van der Waals surface area (Å²) in [6, 6.07) is 8.62. The minimum absolute atomic E-state index is 0.118. The van der Waals surface area contributed by atoms with Gasteiger partial charge in [0.15, 0.2) is 0 Å². The molecule has 0 saturated heterocycles. The highest BCUT2D eigenvalue weighted by Crippen LogP contribution is 2.38. The van der Waals surface area contributed by atoms with Crippen LogP contribution < -0.4 is 10.9 Å². The molecule has 2 aromatic heterocycles. The maximum absolute atomic E-state index is 12.2. The van der Waals surface area contributed by atoms with Crippen LogP contribution in [0.5, 0.6) is 0 Å². The van der Waals surface area contributed by atoms with Gasteiger partial charge in [-0.3, -0.25) is 9.59 Å². The monoisotopic (exact) mass is 327 g/mol. The smallest absolute Gasteiger partial charge is 0.267 e. The van der Waals surface area contributed by atoms with Gasteiger partial charge >= 0.3 is 0 Å². The lowest BCUT2D eigenvalue weighted by Crippen LogP contribution is -2.29. The molecule has 1 saturated carbocycles. The van der Waals surface area contributed by atoms with Gasteiger partial charge in [0.1, 0.15) is 17.6 Å². The first-order valence-corrected chi connectivity index (χ1v) is 8.03.